The van der Waals surface area contributed by atoms with Crippen LogP contribution in [0.5, 0.6) is 0 Å². The van der Waals surface area contributed by atoms with E-state index in [1.807, 2.05) is 18.2 Å². The Balaban J connectivity index is 1.96. The van der Waals surface area contributed by atoms with Gasteiger partial charge in [0.15, 0.2) is 5.51 Å². The molecule has 3 heteroatoms. The highest BCUT2D eigenvalue weighted by molar-refractivity contribution is 7.12. The maximum Gasteiger partial charge on any atom is 0.178 e. The van der Waals surface area contributed by atoms with Crippen LogP contribution < -0.4 is 0 Å². The molecule has 81 valence electrons. The molecule has 0 aliphatic rings. The standard InChI is InChI=1S/C14H9N2S/c1-2-4-11(5-3-1)12-6-8-13(9-7-12)14-16-15-10-17-14/h1-9H. The maximum absolute atomic E-state index is 4.00. The molecule has 1 radical (unpaired) electrons. The molecular formula is C14H9N2S. The second-order valence-corrected chi connectivity index (χ2v) is 4.42. The van der Waals surface area contributed by atoms with Crippen molar-refractivity contribution in [2.75, 3.05) is 0 Å². The second kappa shape index (κ2) is 4.47. The molecule has 0 saturated heterocycles. The predicted molar refractivity (Wildman–Crippen MR) is 69.6 cm³/mol. The molecule has 1 heterocycles. The van der Waals surface area contributed by atoms with Crippen molar-refractivity contribution in [3.05, 3.63) is 60.1 Å². The summed E-state index contributed by atoms with van der Waals surface area (Å²) < 4.78 is 0. The van der Waals surface area contributed by atoms with E-state index in [9.17, 15) is 0 Å². The van der Waals surface area contributed by atoms with Crippen LogP contribution in [0.15, 0.2) is 54.6 Å². The summed E-state index contributed by atoms with van der Waals surface area (Å²) in [4.78, 5) is 0. The lowest BCUT2D eigenvalue weighted by Crippen LogP contribution is -1.79. The Bertz CT molecular complexity index is 586. The fourth-order valence-electron chi connectivity index (χ4n) is 1.70. The molecule has 0 N–H and O–H groups in total. The molecule has 3 rings (SSSR count). The Morgan fingerprint density at radius 3 is 2.06 bits per heavy atom. The van der Waals surface area contributed by atoms with Crippen molar-refractivity contribution in [3.63, 3.8) is 0 Å². The van der Waals surface area contributed by atoms with Gasteiger partial charge in [-0.2, -0.15) is 0 Å². The highest BCUT2D eigenvalue weighted by Gasteiger charge is 2.02. The third-order valence-corrected chi connectivity index (χ3v) is 3.25. The van der Waals surface area contributed by atoms with Gasteiger partial charge in [-0.15, -0.1) is 10.2 Å². The van der Waals surface area contributed by atoms with Gasteiger partial charge in [0.2, 0.25) is 0 Å². The van der Waals surface area contributed by atoms with Crippen LogP contribution in [0, 0.1) is 5.51 Å². The fraction of sp³-hybridized carbons (Fsp3) is 0. The Morgan fingerprint density at radius 1 is 0.765 bits per heavy atom. The first kappa shape index (κ1) is 10.2. The van der Waals surface area contributed by atoms with E-state index in [4.69, 9.17) is 0 Å². The molecule has 0 unspecified atom stereocenters. The van der Waals surface area contributed by atoms with E-state index in [-0.39, 0.29) is 0 Å². The van der Waals surface area contributed by atoms with E-state index >= 15 is 0 Å². The number of rotatable bonds is 2. The van der Waals surface area contributed by atoms with Crippen LogP contribution >= 0.6 is 11.3 Å². The van der Waals surface area contributed by atoms with Crippen molar-refractivity contribution in [3.8, 4) is 21.7 Å². The normalized spacial score (nSPS) is 10.4. The van der Waals surface area contributed by atoms with Crippen LogP contribution in [0.3, 0.4) is 0 Å². The minimum atomic E-state index is 0.907. The summed E-state index contributed by atoms with van der Waals surface area (Å²) in [6.45, 7) is 0. The smallest absolute Gasteiger partial charge is 0.138 e. The largest absolute Gasteiger partial charge is 0.178 e. The Hall–Kier alpha value is -2.00. The van der Waals surface area contributed by atoms with Gasteiger partial charge in [0, 0.05) is 5.56 Å². The quantitative estimate of drug-likeness (QED) is 0.679. The lowest BCUT2D eigenvalue weighted by molar-refractivity contribution is 1.09. The van der Waals surface area contributed by atoms with Crippen LogP contribution in [-0.4, -0.2) is 10.2 Å². The van der Waals surface area contributed by atoms with Crippen molar-refractivity contribution in [2.45, 2.75) is 0 Å². The average Bonchev–Trinajstić information content (AvgIpc) is 2.94. The molecule has 1 aromatic heterocycles. The molecule has 2 nitrogen and oxygen atoms in total. The maximum atomic E-state index is 4.00. The fourth-order valence-corrected chi connectivity index (χ4v) is 2.21. The lowest BCUT2D eigenvalue weighted by atomic mass is 10.0. The van der Waals surface area contributed by atoms with E-state index in [0.717, 1.165) is 10.6 Å². The van der Waals surface area contributed by atoms with Crippen LogP contribution in [0.2, 0.25) is 0 Å². The van der Waals surface area contributed by atoms with E-state index in [2.05, 4.69) is 52.1 Å². The Kier molecular flexibility index (Phi) is 2.68. The zero-order chi connectivity index (χ0) is 11.5. The Labute approximate surface area is 104 Å². The molecule has 0 atom stereocenters. The molecule has 0 aliphatic heterocycles. The van der Waals surface area contributed by atoms with Gasteiger partial charge in [-0.3, -0.25) is 0 Å². The van der Waals surface area contributed by atoms with Crippen molar-refractivity contribution in [1.29, 1.82) is 0 Å². The number of nitrogens with zero attached hydrogens (tertiary/aromatic N) is 2. The molecule has 0 amide bonds. The molecule has 0 spiro atoms. The van der Waals surface area contributed by atoms with E-state index < -0.39 is 0 Å². The van der Waals surface area contributed by atoms with Gasteiger partial charge >= 0.3 is 0 Å². The summed E-state index contributed by atoms with van der Waals surface area (Å²) in [6.07, 6.45) is 0. The number of aromatic nitrogens is 2. The summed E-state index contributed by atoms with van der Waals surface area (Å²) in [6, 6.07) is 18.7. The minimum absolute atomic E-state index is 0.907. The van der Waals surface area contributed by atoms with Gasteiger partial charge in [-0.1, -0.05) is 65.9 Å². The third-order valence-electron chi connectivity index (χ3n) is 2.56. The first-order valence-corrected chi connectivity index (χ1v) is 6.10. The third kappa shape index (κ3) is 2.10. The summed E-state index contributed by atoms with van der Waals surface area (Å²) in [5.74, 6) is 0. The van der Waals surface area contributed by atoms with Crippen molar-refractivity contribution in [2.24, 2.45) is 0 Å². The summed E-state index contributed by atoms with van der Waals surface area (Å²) in [5, 5.41) is 8.63. The van der Waals surface area contributed by atoms with E-state index in [1.165, 1.54) is 22.5 Å². The topological polar surface area (TPSA) is 25.8 Å². The number of benzene rings is 2. The van der Waals surface area contributed by atoms with Gasteiger partial charge in [-0.25, -0.2) is 0 Å². The zero-order valence-corrected chi connectivity index (χ0v) is 9.82. The lowest BCUT2D eigenvalue weighted by Gasteiger charge is -2.02. The first-order chi connectivity index (χ1) is 8.43. The van der Waals surface area contributed by atoms with Crippen LogP contribution in [0.1, 0.15) is 0 Å². The molecule has 0 saturated carbocycles. The predicted octanol–water partition coefficient (Wildman–Crippen LogP) is 3.67. The molecule has 2 aromatic carbocycles. The number of hydrogen-bond donors (Lipinski definition) is 0. The van der Waals surface area contributed by atoms with Crippen LogP contribution in [0.25, 0.3) is 21.7 Å². The molecule has 0 fully saturated rings. The molecule has 17 heavy (non-hydrogen) atoms. The van der Waals surface area contributed by atoms with Gasteiger partial charge in [0.1, 0.15) is 5.01 Å². The Morgan fingerprint density at radius 2 is 1.41 bits per heavy atom. The second-order valence-electron chi connectivity index (χ2n) is 3.64. The SMILES string of the molecule is [c]1nnc(-c2ccc(-c3ccccc3)cc2)s1. The average molecular weight is 237 g/mol. The van der Waals surface area contributed by atoms with Gasteiger partial charge in [0.25, 0.3) is 0 Å². The molecule has 0 aliphatic carbocycles. The van der Waals surface area contributed by atoms with Crippen molar-refractivity contribution < 1.29 is 0 Å². The van der Waals surface area contributed by atoms with E-state index in [1.54, 1.807) is 0 Å². The summed E-state index contributed by atoms with van der Waals surface area (Å²) >= 11 is 1.43. The summed E-state index contributed by atoms with van der Waals surface area (Å²) in [5.41, 5.74) is 6.28. The minimum Gasteiger partial charge on any atom is -0.138 e. The zero-order valence-electron chi connectivity index (χ0n) is 9.00. The van der Waals surface area contributed by atoms with Gasteiger partial charge < -0.3 is 0 Å². The van der Waals surface area contributed by atoms with E-state index in [0.29, 0.717) is 0 Å². The van der Waals surface area contributed by atoms with Gasteiger partial charge in [0.05, 0.1) is 0 Å². The van der Waals surface area contributed by atoms with Gasteiger partial charge in [-0.05, 0) is 11.1 Å². The molecule has 3 aromatic rings. The highest BCUT2D eigenvalue weighted by atomic mass is 32.1. The molecular weight excluding hydrogens is 228 g/mol. The number of hydrogen-bond acceptors (Lipinski definition) is 3. The van der Waals surface area contributed by atoms with Crippen molar-refractivity contribution >= 4 is 11.3 Å². The van der Waals surface area contributed by atoms with Crippen LogP contribution in [-0.2, 0) is 0 Å². The monoisotopic (exact) mass is 237 g/mol. The van der Waals surface area contributed by atoms with Crippen LogP contribution in [0.4, 0.5) is 0 Å². The molecule has 0 bridgehead atoms. The van der Waals surface area contributed by atoms with Crippen molar-refractivity contribution in [1.82, 2.24) is 10.2 Å². The highest BCUT2D eigenvalue weighted by Crippen LogP contribution is 2.24. The first-order valence-electron chi connectivity index (χ1n) is 5.29. The summed E-state index contributed by atoms with van der Waals surface area (Å²) in [7, 11) is 0.